The Morgan fingerprint density at radius 3 is 2.53 bits per heavy atom. The Morgan fingerprint density at radius 2 is 1.81 bits per heavy atom. The van der Waals surface area contributed by atoms with Crippen LogP contribution in [0.25, 0.3) is 22.4 Å². The first-order chi connectivity index (χ1) is 15.4. The number of pyridine rings is 1. The minimum absolute atomic E-state index is 0.252. The average Bonchev–Trinajstić information content (AvgIpc) is 3.25. The second-order valence-electron chi connectivity index (χ2n) is 7.29. The van der Waals surface area contributed by atoms with Crippen molar-refractivity contribution in [3.05, 3.63) is 93.9 Å². The second-order valence-corrected chi connectivity index (χ2v) is 8.37. The van der Waals surface area contributed by atoms with Gasteiger partial charge in [-0.2, -0.15) is 5.10 Å². The van der Waals surface area contributed by atoms with Crippen LogP contribution in [0.3, 0.4) is 0 Å². The lowest BCUT2D eigenvalue weighted by molar-refractivity contribution is 0.0951. The van der Waals surface area contributed by atoms with Crippen molar-refractivity contribution < 1.29 is 4.79 Å². The van der Waals surface area contributed by atoms with Crippen molar-refractivity contribution in [2.24, 2.45) is 7.05 Å². The molecule has 0 bridgehead atoms. The van der Waals surface area contributed by atoms with Crippen LogP contribution in [0.4, 0.5) is 0 Å². The van der Waals surface area contributed by atoms with Gasteiger partial charge >= 0.3 is 0 Å². The number of nitrogens with one attached hydrogen (secondary N) is 1. The average molecular weight is 486 g/mol. The fourth-order valence-electron chi connectivity index (χ4n) is 3.33. The predicted molar refractivity (Wildman–Crippen MR) is 129 cm³/mol. The predicted octanol–water partition coefficient (Wildman–Crippen LogP) is 6.12. The lowest BCUT2D eigenvalue weighted by Gasteiger charge is -2.12. The Labute approximate surface area is 201 Å². The molecule has 0 saturated heterocycles. The molecular formula is C24H19Cl3N4O. The van der Waals surface area contributed by atoms with Crippen LogP contribution in [0, 0.1) is 0 Å². The van der Waals surface area contributed by atoms with E-state index >= 15 is 0 Å². The molecule has 0 spiro atoms. The third kappa shape index (κ3) is 4.96. The van der Waals surface area contributed by atoms with Crippen LogP contribution in [-0.4, -0.2) is 20.7 Å². The van der Waals surface area contributed by atoms with Crippen molar-refractivity contribution >= 4 is 40.7 Å². The maximum atomic E-state index is 13.2. The molecule has 2 aromatic carbocycles. The van der Waals surface area contributed by atoms with E-state index in [0.717, 1.165) is 27.8 Å². The van der Waals surface area contributed by atoms with Gasteiger partial charge < -0.3 is 5.32 Å². The number of aromatic nitrogens is 3. The van der Waals surface area contributed by atoms with E-state index < -0.39 is 0 Å². The van der Waals surface area contributed by atoms with E-state index in [1.807, 2.05) is 49.6 Å². The molecule has 0 radical (unpaired) electrons. The van der Waals surface area contributed by atoms with Gasteiger partial charge in [-0.3, -0.25) is 14.5 Å². The normalized spacial score (nSPS) is 10.9. The smallest absolute Gasteiger partial charge is 0.253 e. The third-order valence-corrected chi connectivity index (χ3v) is 6.01. The number of halogens is 3. The maximum absolute atomic E-state index is 13.2. The molecule has 8 heteroatoms. The molecular weight excluding hydrogens is 467 g/mol. The Bertz CT molecular complexity index is 1290. The Morgan fingerprint density at radius 1 is 0.969 bits per heavy atom. The highest BCUT2D eigenvalue weighted by Gasteiger charge is 2.17. The largest absolute Gasteiger partial charge is 0.348 e. The van der Waals surface area contributed by atoms with Gasteiger partial charge in [0.25, 0.3) is 5.91 Å². The van der Waals surface area contributed by atoms with Crippen molar-refractivity contribution in [1.29, 1.82) is 0 Å². The molecule has 0 atom stereocenters. The summed E-state index contributed by atoms with van der Waals surface area (Å²) in [5.41, 5.74) is 5.36. The number of benzene rings is 2. The van der Waals surface area contributed by atoms with Crippen LogP contribution in [0.2, 0.25) is 10.0 Å². The van der Waals surface area contributed by atoms with Crippen LogP contribution in [-0.2, 0) is 19.5 Å². The number of carbonyl (C=O) groups excluding carboxylic acids is 1. The molecule has 0 unspecified atom stereocenters. The van der Waals surface area contributed by atoms with Crippen LogP contribution in [0.1, 0.15) is 21.5 Å². The van der Waals surface area contributed by atoms with Gasteiger partial charge in [-0.1, -0.05) is 47.5 Å². The fraction of sp³-hybridized carbons (Fsp3) is 0.125. The first kappa shape index (κ1) is 22.3. The molecule has 0 aliphatic rings. The SMILES string of the molecule is Cn1cc(-c2ncc(-c3cccc(CCl)c3)cc2C(=O)NCc2ccc(Cl)c(Cl)c2)cn1. The summed E-state index contributed by atoms with van der Waals surface area (Å²) in [5.74, 6) is 0.157. The number of rotatable bonds is 6. The number of aryl methyl sites for hydroxylation is 1. The minimum atomic E-state index is -0.252. The second kappa shape index (κ2) is 9.74. The molecule has 32 heavy (non-hydrogen) atoms. The quantitative estimate of drug-likeness (QED) is 0.334. The molecule has 4 aromatic rings. The van der Waals surface area contributed by atoms with Crippen molar-refractivity contribution in [2.75, 3.05) is 0 Å². The lowest BCUT2D eigenvalue weighted by Crippen LogP contribution is -2.24. The van der Waals surface area contributed by atoms with E-state index in [1.54, 1.807) is 29.2 Å². The number of alkyl halides is 1. The summed E-state index contributed by atoms with van der Waals surface area (Å²) >= 11 is 18.1. The molecule has 1 amide bonds. The van der Waals surface area contributed by atoms with Crippen LogP contribution >= 0.6 is 34.8 Å². The van der Waals surface area contributed by atoms with Crippen LogP contribution < -0.4 is 5.32 Å². The van der Waals surface area contributed by atoms with Gasteiger partial charge in [-0.25, -0.2) is 0 Å². The Hall–Kier alpha value is -2.86. The third-order valence-electron chi connectivity index (χ3n) is 4.96. The molecule has 5 nitrogen and oxygen atoms in total. The zero-order valence-electron chi connectivity index (χ0n) is 17.1. The summed E-state index contributed by atoms with van der Waals surface area (Å²) in [6.07, 6.45) is 5.27. The van der Waals surface area contributed by atoms with Crippen molar-refractivity contribution in [2.45, 2.75) is 12.4 Å². The number of hydrogen-bond donors (Lipinski definition) is 1. The first-order valence-corrected chi connectivity index (χ1v) is 11.1. The van der Waals surface area contributed by atoms with E-state index in [9.17, 15) is 4.79 Å². The molecule has 4 rings (SSSR count). The summed E-state index contributed by atoms with van der Waals surface area (Å²) in [4.78, 5) is 17.8. The molecule has 1 N–H and O–H groups in total. The van der Waals surface area contributed by atoms with Crippen molar-refractivity contribution in [3.8, 4) is 22.4 Å². The number of hydrogen-bond acceptors (Lipinski definition) is 3. The van der Waals surface area contributed by atoms with E-state index in [4.69, 9.17) is 34.8 Å². The molecule has 0 aliphatic carbocycles. The van der Waals surface area contributed by atoms with Gasteiger partial charge in [0.1, 0.15) is 0 Å². The fourth-order valence-corrected chi connectivity index (χ4v) is 3.82. The van der Waals surface area contributed by atoms with Gasteiger partial charge in [0.05, 0.1) is 27.5 Å². The molecule has 2 heterocycles. The van der Waals surface area contributed by atoms with Gasteiger partial charge in [0, 0.05) is 43.0 Å². The number of carbonyl (C=O) groups is 1. The van der Waals surface area contributed by atoms with E-state index in [2.05, 4.69) is 15.4 Å². The highest BCUT2D eigenvalue weighted by Crippen LogP contribution is 2.28. The summed E-state index contributed by atoms with van der Waals surface area (Å²) in [6, 6.07) is 15.0. The van der Waals surface area contributed by atoms with E-state index in [-0.39, 0.29) is 5.91 Å². The van der Waals surface area contributed by atoms with Crippen molar-refractivity contribution in [1.82, 2.24) is 20.1 Å². The summed E-state index contributed by atoms with van der Waals surface area (Å²) in [7, 11) is 1.82. The van der Waals surface area contributed by atoms with Gasteiger partial charge in [-0.15, -0.1) is 11.6 Å². The highest BCUT2D eigenvalue weighted by molar-refractivity contribution is 6.42. The summed E-state index contributed by atoms with van der Waals surface area (Å²) in [6.45, 7) is 0.300. The topological polar surface area (TPSA) is 59.8 Å². The van der Waals surface area contributed by atoms with Crippen LogP contribution in [0.15, 0.2) is 67.1 Å². The maximum Gasteiger partial charge on any atom is 0.253 e. The van der Waals surface area contributed by atoms with E-state index in [1.165, 1.54) is 0 Å². The molecule has 162 valence electrons. The summed E-state index contributed by atoms with van der Waals surface area (Å²) in [5, 5.41) is 8.07. The summed E-state index contributed by atoms with van der Waals surface area (Å²) < 4.78 is 1.67. The Balaban J connectivity index is 1.69. The zero-order valence-corrected chi connectivity index (χ0v) is 19.4. The lowest BCUT2D eigenvalue weighted by atomic mass is 10.0. The zero-order chi connectivity index (χ0) is 22.7. The van der Waals surface area contributed by atoms with Gasteiger partial charge in [-0.05, 0) is 41.0 Å². The number of amides is 1. The first-order valence-electron chi connectivity index (χ1n) is 9.81. The van der Waals surface area contributed by atoms with E-state index in [0.29, 0.717) is 33.7 Å². The minimum Gasteiger partial charge on any atom is -0.348 e. The number of nitrogens with zero attached hydrogens (tertiary/aromatic N) is 3. The molecule has 0 fully saturated rings. The Kier molecular flexibility index (Phi) is 6.80. The molecule has 0 saturated carbocycles. The standard InChI is InChI=1S/C24H19Cl3N4O/c1-31-14-19(13-30-31)23-20(24(32)29-11-16-5-6-21(26)22(27)8-16)9-18(12-28-23)17-4-2-3-15(7-17)10-25/h2-9,12-14H,10-11H2,1H3,(H,29,32). The molecule has 2 aromatic heterocycles. The molecule has 0 aliphatic heterocycles. The van der Waals surface area contributed by atoms with Crippen molar-refractivity contribution in [3.63, 3.8) is 0 Å². The van der Waals surface area contributed by atoms with Gasteiger partial charge in [0.15, 0.2) is 0 Å². The monoisotopic (exact) mass is 484 g/mol. The highest BCUT2D eigenvalue weighted by atomic mass is 35.5. The van der Waals surface area contributed by atoms with Gasteiger partial charge in [0.2, 0.25) is 0 Å². The van der Waals surface area contributed by atoms with Crippen LogP contribution in [0.5, 0.6) is 0 Å².